The molecule has 0 bridgehead atoms. The summed E-state index contributed by atoms with van der Waals surface area (Å²) in [5.74, 6) is -0.864. The SMILES string of the molecule is CCCCCCCCOC(CCC(=O)OC1CC(OC(=O)OCCCN(CC)CC)CC1OC(=O)CCC(OCCCCCCCC)OCCCCCCCC)OCCCCCCCC. The molecule has 0 aliphatic heterocycles. The Morgan fingerprint density at radius 3 is 1.11 bits per heavy atom. The molecule has 2 atom stereocenters. The van der Waals surface area contributed by atoms with E-state index in [0.29, 0.717) is 45.7 Å². The standard InChI is InChI=1S/C53H101NO11/c1-7-13-17-21-25-29-39-58-51(59-40-30-26-22-18-14-8-2)36-34-49(55)64-47-44-46(63-53(57)62-43-33-38-54(11-5)12-6)45-48(47)65-50(56)35-37-52(60-41-31-27-23-19-15-9-3)61-42-32-28-24-20-16-10-4/h46-48,51-52H,7-45H2,1-6H3. The summed E-state index contributed by atoms with van der Waals surface area (Å²) in [5, 5.41) is 0. The maximum absolute atomic E-state index is 13.5. The van der Waals surface area contributed by atoms with Gasteiger partial charge in [0.2, 0.25) is 0 Å². The van der Waals surface area contributed by atoms with Crippen LogP contribution < -0.4 is 0 Å². The van der Waals surface area contributed by atoms with Gasteiger partial charge in [-0.1, -0.05) is 170 Å². The molecule has 0 aromatic carbocycles. The van der Waals surface area contributed by atoms with Gasteiger partial charge < -0.3 is 42.8 Å². The summed E-state index contributed by atoms with van der Waals surface area (Å²) in [4.78, 5) is 42.0. The van der Waals surface area contributed by atoms with Crippen molar-refractivity contribution in [1.82, 2.24) is 4.90 Å². The normalized spacial score (nSPS) is 16.2. The monoisotopic (exact) mass is 928 g/mol. The molecule has 1 rings (SSSR count). The summed E-state index contributed by atoms with van der Waals surface area (Å²) in [5.41, 5.74) is 0. The summed E-state index contributed by atoms with van der Waals surface area (Å²) in [7, 11) is 0. The molecule has 0 aromatic rings. The molecule has 0 saturated heterocycles. The van der Waals surface area contributed by atoms with Gasteiger partial charge in [-0.05, 0) is 45.2 Å². The minimum atomic E-state index is -0.776. The van der Waals surface area contributed by atoms with E-state index in [1.54, 1.807) is 0 Å². The summed E-state index contributed by atoms with van der Waals surface area (Å²) < 4.78 is 47.8. The Kier molecular flexibility index (Phi) is 41.8. The number of ether oxygens (including phenoxy) is 8. The predicted molar refractivity (Wildman–Crippen MR) is 261 cm³/mol. The van der Waals surface area contributed by atoms with Crippen LogP contribution in [-0.4, -0.2) is 107 Å². The van der Waals surface area contributed by atoms with Crippen molar-refractivity contribution in [1.29, 1.82) is 0 Å². The average Bonchev–Trinajstić information content (AvgIpc) is 3.66. The number of hydrogen-bond acceptors (Lipinski definition) is 12. The topological polar surface area (TPSA) is 128 Å². The summed E-state index contributed by atoms with van der Waals surface area (Å²) in [6, 6.07) is 0. The van der Waals surface area contributed by atoms with Crippen molar-refractivity contribution >= 4 is 18.1 Å². The highest BCUT2D eigenvalue weighted by molar-refractivity contribution is 5.71. The lowest BCUT2D eigenvalue weighted by Gasteiger charge is -2.22. The van der Waals surface area contributed by atoms with Crippen molar-refractivity contribution in [2.45, 2.75) is 271 Å². The zero-order valence-electron chi connectivity index (χ0n) is 42.9. The van der Waals surface area contributed by atoms with Gasteiger partial charge in [0.1, 0.15) is 18.3 Å². The van der Waals surface area contributed by atoms with Crippen LogP contribution in [0, 0.1) is 0 Å². The number of hydrogen-bond donors (Lipinski definition) is 0. The van der Waals surface area contributed by atoms with Gasteiger partial charge in [-0.2, -0.15) is 0 Å². The third-order valence-electron chi connectivity index (χ3n) is 12.3. The smallest absolute Gasteiger partial charge is 0.458 e. The second kappa shape index (κ2) is 44.5. The first kappa shape index (κ1) is 61.0. The van der Waals surface area contributed by atoms with Gasteiger partial charge >= 0.3 is 18.1 Å². The molecule has 12 heteroatoms. The van der Waals surface area contributed by atoms with Crippen LogP contribution in [0.25, 0.3) is 0 Å². The van der Waals surface area contributed by atoms with Crippen LogP contribution in [0.3, 0.4) is 0 Å². The molecule has 0 N–H and O–H groups in total. The highest BCUT2D eigenvalue weighted by atomic mass is 16.7. The molecule has 384 valence electrons. The molecular weight excluding hydrogens is 827 g/mol. The summed E-state index contributed by atoms with van der Waals surface area (Å²) in [6.45, 7) is 18.4. The van der Waals surface area contributed by atoms with Gasteiger partial charge in [0.25, 0.3) is 0 Å². The van der Waals surface area contributed by atoms with Crippen LogP contribution in [0.5, 0.6) is 0 Å². The number of esters is 2. The van der Waals surface area contributed by atoms with Crippen LogP contribution >= 0.6 is 0 Å². The van der Waals surface area contributed by atoms with Crippen molar-refractivity contribution in [3.05, 3.63) is 0 Å². The van der Waals surface area contributed by atoms with Crippen LogP contribution in [-0.2, 0) is 47.5 Å². The maximum atomic E-state index is 13.5. The number of carbonyl (C=O) groups excluding carboxylic acids is 3. The van der Waals surface area contributed by atoms with E-state index in [9.17, 15) is 14.4 Å². The minimum absolute atomic E-state index is 0.0858. The molecule has 65 heavy (non-hydrogen) atoms. The highest BCUT2D eigenvalue weighted by Gasteiger charge is 2.42. The second-order valence-electron chi connectivity index (χ2n) is 18.2. The fourth-order valence-electron chi connectivity index (χ4n) is 8.16. The second-order valence-corrected chi connectivity index (χ2v) is 18.2. The predicted octanol–water partition coefficient (Wildman–Crippen LogP) is 13.6. The third kappa shape index (κ3) is 35.8. The van der Waals surface area contributed by atoms with E-state index in [-0.39, 0.29) is 32.3 Å². The first-order valence-corrected chi connectivity index (χ1v) is 27.2. The molecule has 1 saturated carbocycles. The molecule has 0 spiro atoms. The molecule has 0 amide bonds. The summed E-state index contributed by atoms with van der Waals surface area (Å²) >= 11 is 0. The number of nitrogens with zero attached hydrogens (tertiary/aromatic N) is 1. The molecule has 2 unspecified atom stereocenters. The molecule has 0 radical (unpaired) electrons. The molecule has 1 fully saturated rings. The van der Waals surface area contributed by atoms with Crippen molar-refractivity contribution in [3.8, 4) is 0 Å². The van der Waals surface area contributed by atoms with E-state index in [2.05, 4.69) is 46.4 Å². The van der Waals surface area contributed by atoms with Gasteiger partial charge in [-0.15, -0.1) is 0 Å². The Hall–Kier alpha value is -1.99. The van der Waals surface area contributed by atoms with Crippen LogP contribution in [0.4, 0.5) is 4.79 Å². The Labute approximate surface area is 398 Å². The highest BCUT2D eigenvalue weighted by Crippen LogP contribution is 2.30. The Morgan fingerprint density at radius 2 is 0.769 bits per heavy atom. The minimum Gasteiger partial charge on any atom is -0.458 e. The molecule has 0 heterocycles. The fraction of sp³-hybridized carbons (Fsp3) is 0.943. The van der Waals surface area contributed by atoms with Gasteiger partial charge in [-0.3, -0.25) is 9.59 Å². The van der Waals surface area contributed by atoms with Crippen molar-refractivity contribution in [3.63, 3.8) is 0 Å². The number of carbonyl (C=O) groups is 3. The van der Waals surface area contributed by atoms with E-state index >= 15 is 0 Å². The zero-order chi connectivity index (χ0) is 47.4. The summed E-state index contributed by atoms with van der Waals surface area (Å²) in [6.07, 6.45) is 25.9. The Balaban J connectivity index is 2.90. The van der Waals surface area contributed by atoms with E-state index < -0.39 is 49.0 Å². The van der Waals surface area contributed by atoms with Gasteiger partial charge in [0.05, 0.1) is 19.4 Å². The Morgan fingerprint density at radius 1 is 0.431 bits per heavy atom. The fourth-order valence-corrected chi connectivity index (χ4v) is 8.16. The van der Waals surface area contributed by atoms with E-state index in [1.165, 1.54) is 103 Å². The third-order valence-corrected chi connectivity index (χ3v) is 12.3. The number of unbranched alkanes of at least 4 members (excludes halogenated alkanes) is 20. The quantitative estimate of drug-likeness (QED) is 0.0249. The lowest BCUT2D eigenvalue weighted by Crippen LogP contribution is -2.31. The molecule has 1 aliphatic rings. The van der Waals surface area contributed by atoms with Crippen LogP contribution in [0.2, 0.25) is 0 Å². The first-order chi connectivity index (χ1) is 31.8. The van der Waals surface area contributed by atoms with E-state index in [1.807, 2.05) is 0 Å². The first-order valence-electron chi connectivity index (χ1n) is 27.2. The van der Waals surface area contributed by atoms with E-state index in [0.717, 1.165) is 71.0 Å². The number of rotatable bonds is 47. The Bertz CT molecular complexity index is 990. The van der Waals surface area contributed by atoms with Crippen LogP contribution in [0.15, 0.2) is 0 Å². The van der Waals surface area contributed by atoms with Gasteiger partial charge in [0.15, 0.2) is 12.6 Å². The van der Waals surface area contributed by atoms with E-state index in [4.69, 9.17) is 37.9 Å². The largest absolute Gasteiger partial charge is 0.508 e. The molecule has 12 nitrogen and oxygen atoms in total. The average molecular weight is 928 g/mol. The zero-order valence-corrected chi connectivity index (χ0v) is 42.9. The van der Waals surface area contributed by atoms with Crippen molar-refractivity contribution in [2.24, 2.45) is 0 Å². The molecule has 0 aromatic heterocycles. The van der Waals surface area contributed by atoms with Gasteiger partial charge in [-0.25, -0.2) is 4.79 Å². The molecule has 1 aliphatic carbocycles. The van der Waals surface area contributed by atoms with Gasteiger partial charge in [0, 0.05) is 58.7 Å². The van der Waals surface area contributed by atoms with Crippen molar-refractivity contribution in [2.75, 3.05) is 52.7 Å². The van der Waals surface area contributed by atoms with Crippen LogP contribution in [0.1, 0.15) is 241 Å². The lowest BCUT2D eigenvalue weighted by molar-refractivity contribution is -0.173. The molecular formula is C53H101NO11. The maximum Gasteiger partial charge on any atom is 0.508 e. The lowest BCUT2D eigenvalue weighted by atomic mass is 10.1. The van der Waals surface area contributed by atoms with Crippen molar-refractivity contribution < 1.29 is 52.3 Å².